The molecule has 2 heterocycles. The summed E-state index contributed by atoms with van der Waals surface area (Å²) in [5.41, 5.74) is 3.75. The first-order valence-corrected chi connectivity index (χ1v) is 9.96. The van der Waals surface area contributed by atoms with Gasteiger partial charge < -0.3 is 10.1 Å². The summed E-state index contributed by atoms with van der Waals surface area (Å²) in [4.78, 5) is 26.2. The maximum atomic E-state index is 13.2. The van der Waals surface area contributed by atoms with Crippen LogP contribution in [0.25, 0.3) is 16.6 Å². The fourth-order valence-electron chi connectivity index (χ4n) is 3.76. The smallest absolute Gasteiger partial charge is 0.268 e. The molecule has 0 saturated heterocycles. The lowest BCUT2D eigenvalue weighted by atomic mass is 10.1. The van der Waals surface area contributed by atoms with Gasteiger partial charge in [0.1, 0.15) is 11.3 Å². The van der Waals surface area contributed by atoms with E-state index in [-0.39, 0.29) is 12.1 Å². The zero-order chi connectivity index (χ0) is 22.1. The number of aryl methyl sites for hydroxylation is 3. The standard InChI is InChI=1S/C24H24N4O3/c1-15-9-10-19-17(13-15)18(26-27(19)3)14-25-23(29)22-16(2)11-12-28(24(22)30)20-7-5-6-8-21(20)31-4/h5-13H,14H2,1-4H3,(H,25,29). The number of carbonyl (C=O) groups is 1. The number of methoxy groups -OCH3 is 1. The lowest BCUT2D eigenvalue weighted by Gasteiger charge is -2.13. The number of hydrogen-bond donors (Lipinski definition) is 1. The lowest BCUT2D eigenvalue weighted by molar-refractivity contribution is 0.0948. The molecule has 0 atom stereocenters. The number of hydrogen-bond acceptors (Lipinski definition) is 4. The van der Waals surface area contributed by atoms with Crippen LogP contribution in [-0.2, 0) is 13.6 Å². The molecule has 7 heteroatoms. The van der Waals surface area contributed by atoms with E-state index in [4.69, 9.17) is 4.74 Å². The van der Waals surface area contributed by atoms with Crippen LogP contribution < -0.4 is 15.6 Å². The Hall–Kier alpha value is -3.87. The predicted octanol–water partition coefficient (Wildman–Crippen LogP) is 3.28. The second kappa shape index (κ2) is 8.10. The van der Waals surface area contributed by atoms with E-state index < -0.39 is 11.5 Å². The molecule has 2 aromatic carbocycles. The number of nitrogens with one attached hydrogen (secondary N) is 1. The molecular weight excluding hydrogens is 392 g/mol. The van der Waals surface area contributed by atoms with E-state index in [1.165, 1.54) is 4.57 Å². The first-order chi connectivity index (χ1) is 14.9. The van der Waals surface area contributed by atoms with E-state index in [1.807, 2.05) is 44.3 Å². The third kappa shape index (κ3) is 3.70. The fourth-order valence-corrected chi connectivity index (χ4v) is 3.76. The van der Waals surface area contributed by atoms with E-state index in [0.717, 1.165) is 22.2 Å². The minimum atomic E-state index is -0.432. The highest BCUT2D eigenvalue weighted by atomic mass is 16.5. The van der Waals surface area contributed by atoms with Gasteiger partial charge in [-0.05, 0) is 49.7 Å². The van der Waals surface area contributed by atoms with Gasteiger partial charge in [0.05, 0.1) is 30.6 Å². The first kappa shape index (κ1) is 20.4. The van der Waals surface area contributed by atoms with E-state index in [1.54, 1.807) is 43.1 Å². The van der Waals surface area contributed by atoms with Crippen LogP contribution >= 0.6 is 0 Å². The summed E-state index contributed by atoms with van der Waals surface area (Å²) >= 11 is 0. The van der Waals surface area contributed by atoms with E-state index in [9.17, 15) is 9.59 Å². The highest BCUT2D eigenvalue weighted by molar-refractivity contribution is 5.95. The van der Waals surface area contributed by atoms with Crippen molar-refractivity contribution in [3.8, 4) is 11.4 Å². The molecule has 0 bridgehead atoms. The lowest BCUT2D eigenvalue weighted by Crippen LogP contribution is -2.33. The summed E-state index contributed by atoms with van der Waals surface area (Å²) in [5.74, 6) is 0.119. The summed E-state index contributed by atoms with van der Waals surface area (Å²) in [5, 5.41) is 8.39. The molecule has 0 saturated carbocycles. The average molecular weight is 416 g/mol. The van der Waals surface area contributed by atoms with Crippen molar-refractivity contribution in [3.63, 3.8) is 0 Å². The minimum Gasteiger partial charge on any atom is -0.495 e. The van der Waals surface area contributed by atoms with Gasteiger partial charge in [0, 0.05) is 18.6 Å². The van der Waals surface area contributed by atoms with Gasteiger partial charge in [-0.25, -0.2) is 0 Å². The number of pyridine rings is 1. The van der Waals surface area contributed by atoms with Gasteiger partial charge in [0.2, 0.25) is 0 Å². The Balaban J connectivity index is 1.67. The quantitative estimate of drug-likeness (QED) is 0.542. The number of benzene rings is 2. The molecule has 31 heavy (non-hydrogen) atoms. The van der Waals surface area contributed by atoms with Gasteiger partial charge >= 0.3 is 0 Å². The van der Waals surface area contributed by atoms with E-state index >= 15 is 0 Å². The molecule has 4 rings (SSSR count). The van der Waals surface area contributed by atoms with Gasteiger partial charge in [0.15, 0.2) is 0 Å². The molecule has 1 N–H and O–H groups in total. The van der Waals surface area contributed by atoms with Gasteiger partial charge in [-0.3, -0.25) is 18.8 Å². The van der Waals surface area contributed by atoms with Crippen molar-refractivity contribution < 1.29 is 9.53 Å². The molecule has 2 aromatic heterocycles. The molecule has 0 unspecified atom stereocenters. The SMILES string of the molecule is COc1ccccc1-n1ccc(C)c(C(=O)NCc2nn(C)c3ccc(C)cc23)c1=O. The van der Waals surface area contributed by atoms with Crippen LogP contribution in [0.4, 0.5) is 0 Å². The summed E-state index contributed by atoms with van der Waals surface area (Å²) in [6.45, 7) is 3.99. The highest BCUT2D eigenvalue weighted by Gasteiger charge is 2.19. The maximum Gasteiger partial charge on any atom is 0.268 e. The van der Waals surface area contributed by atoms with Crippen molar-refractivity contribution in [1.82, 2.24) is 19.7 Å². The Morgan fingerprint density at radius 3 is 2.68 bits per heavy atom. The molecule has 0 aliphatic carbocycles. The van der Waals surface area contributed by atoms with Crippen LogP contribution in [0.15, 0.2) is 59.5 Å². The summed E-state index contributed by atoms with van der Waals surface area (Å²) in [7, 11) is 3.42. The monoisotopic (exact) mass is 416 g/mol. The number of carbonyl (C=O) groups excluding carboxylic acids is 1. The molecular formula is C24H24N4O3. The number of rotatable bonds is 5. The molecule has 0 radical (unpaired) electrons. The van der Waals surface area contributed by atoms with Crippen molar-refractivity contribution in [1.29, 1.82) is 0 Å². The Morgan fingerprint density at radius 2 is 1.90 bits per heavy atom. The largest absolute Gasteiger partial charge is 0.495 e. The van der Waals surface area contributed by atoms with Crippen LogP contribution in [0.3, 0.4) is 0 Å². The third-order valence-electron chi connectivity index (χ3n) is 5.37. The van der Waals surface area contributed by atoms with E-state index in [0.29, 0.717) is 17.0 Å². The Morgan fingerprint density at radius 1 is 1.13 bits per heavy atom. The number of nitrogens with zero attached hydrogens (tertiary/aromatic N) is 3. The Bertz CT molecular complexity index is 1350. The van der Waals surface area contributed by atoms with Crippen LogP contribution in [0.5, 0.6) is 5.75 Å². The van der Waals surface area contributed by atoms with Crippen molar-refractivity contribution in [2.45, 2.75) is 20.4 Å². The van der Waals surface area contributed by atoms with Gasteiger partial charge in [0.25, 0.3) is 11.5 Å². The predicted molar refractivity (Wildman–Crippen MR) is 120 cm³/mol. The first-order valence-electron chi connectivity index (χ1n) is 9.96. The van der Waals surface area contributed by atoms with Crippen molar-refractivity contribution in [2.75, 3.05) is 7.11 Å². The molecule has 158 valence electrons. The third-order valence-corrected chi connectivity index (χ3v) is 5.37. The van der Waals surface area contributed by atoms with Crippen LogP contribution in [0.1, 0.15) is 27.2 Å². The number of fused-ring (bicyclic) bond motifs is 1. The van der Waals surface area contributed by atoms with Crippen molar-refractivity contribution in [2.24, 2.45) is 7.05 Å². The Labute approximate surface area is 179 Å². The second-order valence-corrected chi connectivity index (χ2v) is 7.49. The molecule has 0 aliphatic heterocycles. The zero-order valence-corrected chi connectivity index (χ0v) is 18.0. The van der Waals surface area contributed by atoms with Crippen LogP contribution in [0.2, 0.25) is 0 Å². The molecule has 4 aromatic rings. The van der Waals surface area contributed by atoms with Crippen molar-refractivity contribution >= 4 is 16.8 Å². The summed E-state index contributed by atoms with van der Waals surface area (Å²) in [6.07, 6.45) is 1.65. The average Bonchev–Trinajstić information content (AvgIpc) is 3.07. The Kier molecular flexibility index (Phi) is 5.33. The molecule has 7 nitrogen and oxygen atoms in total. The number of para-hydroxylation sites is 2. The molecule has 0 spiro atoms. The normalized spacial score (nSPS) is 11.0. The summed E-state index contributed by atoms with van der Waals surface area (Å²) in [6, 6.07) is 15.0. The van der Waals surface area contributed by atoms with Gasteiger partial charge in [-0.2, -0.15) is 5.10 Å². The van der Waals surface area contributed by atoms with Crippen molar-refractivity contribution in [3.05, 3.63) is 87.5 Å². The topological polar surface area (TPSA) is 78.2 Å². The van der Waals surface area contributed by atoms with Crippen LogP contribution in [-0.4, -0.2) is 27.4 Å². The molecule has 1 amide bonds. The van der Waals surface area contributed by atoms with E-state index in [2.05, 4.69) is 10.4 Å². The minimum absolute atomic E-state index is 0.102. The molecule has 0 aliphatic rings. The number of aromatic nitrogens is 3. The number of amides is 1. The maximum absolute atomic E-state index is 13.2. The zero-order valence-electron chi connectivity index (χ0n) is 18.0. The molecule has 0 fully saturated rings. The van der Waals surface area contributed by atoms with Gasteiger partial charge in [-0.15, -0.1) is 0 Å². The summed E-state index contributed by atoms with van der Waals surface area (Å²) < 4.78 is 8.59. The highest BCUT2D eigenvalue weighted by Crippen LogP contribution is 2.22. The van der Waals surface area contributed by atoms with Gasteiger partial charge in [-0.1, -0.05) is 23.8 Å². The number of ether oxygens (including phenoxy) is 1. The second-order valence-electron chi connectivity index (χ2n) is 7.49. The van der Waals surface area contributed by atoms with Crippen LogP contribution in [0, 0.1) is 13.8 Å². The fraction of sp³-hybridized carbons (Fsp3) is 0.208.